The summed E-state index contributed by atoms with van der Waals surface area (Å²) in [7, 11) is 3.47. The molecule has 0 saturated heterocycles. The largest absolute Gasteiger partial charge is 0.343 e. The van der Waals surface area contributed by atoms with Gasteiger partial charge in [-0.05, 0) is 42.9 Å². The minimum absolute atomic E-state index is 0.0833. The third-order valence-electron chi connectivity index (χ3n) is 5.07. The summed E-state index contributed by atoms with van der Waals surface area (Å²) >= 11 is 0. The number of hydrogen-bond donors (Lipinski definition) is 1. The van der Waals surface area contributed by atoms with Gasteiger partial charge in [0.1, 0.15) is 0 Å². The van der Waals surface area contributed by atoms with E-state index in [1.165, 1.54) is 6.07 Å². The zero-order chi connectivity index (χ0) is 20.4. The normalized spacial score (nSPS) is 16.3. The summed E-state index contributed by atoms with van der Waals surface area (Å²) in [5.74, 6) is -1.31. The van der Waals surface area contributed by atoms with Gasteiger partial charge in [-0.2, -0.15) is 5.10 Å². The molecule has 1 atom stereocenters. The summed E-state index contributed by atoms with van der Waals surface area (Å²) in [5.41, 5.74) is 3.38. The van der Waals surface area contributed by atoms with E-state index in [0.29, 0.717) is 30.1 Å². The van der Waals surface area contributed by atoms with E-state index in [0.717, 1.165) is 36.7 Å². The van der Waals surface area contributed by atoms with Crippen molar-refractivity contribution in [3.8, 4) is 0 Å². The topological polar surface area (TPSA) is 50.2 Å². The monoisotopic (exact) mass is 390 g/mol. The Morgan fingerprint density at radius 2 is 2.07 bits per heavy atom. The van der Waals surface area contributed by atoms with Crippen molar-refractivity contribution >= 4 is 5.91 Å². The van der Waals surface area contributed by atoms with E-state index >= 15 is 0 Å². The molecule has 3 rings (SSSR count). The summed E-state index contributed by atoms with van der Waals surface area (Å²) in [6.07, 6.45) is 2.45. The van der Waals surface area contributed by atoms with Crippen LogP contribution in [0.3, 0.4) is 0 Å². The van der Waals surface area contributed by atoms with E-state index in [2.05, 4.69) is 24.3 Å². The molecule has 0 fully saturated rings. The Morgan fingerprint density at radius 1 is 1.32 bits per heavy atom. The van der Waals surface area contributed by atoms with Crippen molar-refractivity contribution in [1.82, 2.24) is 20.0 Å². The summed E-state index contributed by atoms with van der Waals surface area (Å²) in [5, 5.41) is 8.05. The average molecular weight is 390 g/mol. The van der Waals surface area contributed by atoms with Crippen LogP contribution in [0.5, 0.6) is 0 Å². The summed E-state index contributed by atoms with van der Waals surface area (Å²) in [6.45, 7) is 5.51. The maximum atomic E-state index is 13.4. The van der Waals surface area contributed by atoms with Crippen molar-refractivity contribution in [3.63, 3.8) is 0 Å². The van der Waals surface area contributed by atoms with Gasteiger partial charge >= 0.3 is 0 Å². The van der Waals surface area contributed by atoms with Crippen molar-refractivity contribution in [3.05, 3.63) is 52.3 Å². The van der Waals surface area contributed by atoms with Gasteiger partial charge in [0, 0.05) is 44.5 Å². The molecule has 1 N–H and O–H groups in total. The van der Waals surface area contributed by atoms with E-state index in [4.69, 9.17) is 0 Å². The van der Waals surface area contributed by atoms with Crippen LogP contribution < -0.4 is 5.32 Å². The summed E-state index contributed by atoms with van der Waals surface area (Å²) in [6, 6.07) is 4.11. The number of aromatic nitrogens is 2. The van der Waals surface area contributed by atoms with Crippen LogP contribution in [-0.4, -0.2) is 40.7 Å². The van der Waals surface area contributed by atoms with E-state index < -0.39 is 11.6 Å². The number of carbonyl (C=O) groups is 1. The fraction of sp³-hybridized carbons (Fsp3) is 0.524. The number of fused-ring (bicyclic) bond motifs is 1. The van der Waals surface area contributed by atoms with Gasteiger partial charge in [-0.25, -0.2) is 8.78 Å². The molecule has 0 saturated carbocycles. The molecule has 1 aliphatic carbocycles. The standard InChI is InChI=1S/C21H28F2N4O/c1-13(2)12-27-19-8-6-15(10-16(19)20(25-27)21(28)26(3)4)24-11-14-5-7-17(22)18(23)9-14/h5,7,9,13,15,24H,6,8,10-12H2,1-4H3/t15-/m0/s1. The first-order chi connectivity index (χ1) is 13.3. The number of carbonyl (C=O) groups excluding carboxylic acids is 1. The maximum absolute atomic E-state index is 13.4. The number of amides is 1. The summed E-state index contributed by atoms with van der Waals surface area (Å²) in [4.78, 5) is 14.2. The number of benzene rings is 1. The lowest BCUT2D eigenvalue weighted by atomic mass is 9.90. The van der Waals surface area contributed by atoms with Crippen molar-refractivity contribution in [2.45, 2.75) is 52.2 Å². The molecular formula is C21H28F2N4O. The Bertz CT molecular complexity index is 860. The highest BCUT2D eigenvalue weighted by atomic mass is 19.2. The van der Waals surface area contributed by atoms with Crippen molar-refractivity contribution in [2.24, 2.45) is 5.92 Å². The van der Waals surface area contributed by atoms with Crippen LogP contribution in [-0.2, 0) is 25.9 Å². The molecule has 2 aromatic rings. The van der Waals surface area contributed by atoms with Crippen molar-refractivity contribution in [2.75, 3.05) is 14.1 Å². The fourth-order valence-corrected chi connectivity index (χ4v) is 3.65. The first-order valence-electron chi connectivity index (χ1n) is 9.73. The van der Waals surface area contributed by atoms with E-state index in [1.54, 1.807) is 25.1 Å². The number of halogens is 2. The number of nitrogens with one attached hydrogen (secondary N) is 1. The fourth-order valence-electron chi connectivity index (χ4n) is 3.65. The maximum Gasteiger partial charge on any atom is 0.274 e. The van der Waals surface area contributed by atoms with Crippen LogP contribution in [0, 0.1) is 17.6 Å². The molecular weight excluding hydrogens is 362 g/mol. The molecule has 1 aromatic carbocycles. The molecule has 0 aliphatic heterocycles. The molecule has 0 unspecified atom stereocenters. The van der Waals surface area contributed by atoms with E-state index in [-0.39, 0.29) is 11.9 Å². The molecule has 28 heavy (non-hydrogen) atoms. The van der Waals surface area contributed by atoms with Gasteiger partial charge < -0.3 is 10.2 Å². The third kappa shape index (κ3) is 4.41. The average Bonchev–Trinajstić information content (AvgIpc) is 2.99. The quantitative estimate of drug-likeness (QED) is 0.824. The van der Waals surface area contributed by atoms with Gasteiger partial charge in [0.15, 0.2) is 17.3 Å². The molecule has 1 aliphatic rings. The number of nitrogens with zero attached hydrogens (tertiary/aromatic N) is 3. The highest BCUT2D eigenvalue weighted by Crippen LogP contribution is 2.26. The highest BCUT2D eigenvalue weighted by molar-refractivity contribution is 5.93. The number of hydrogen-bond acceptors (Lipinski definition) is 3. The van der Waals surface area contributed by atoms with Gasteiger partial charge in [-0.15, -0.1) is 0 Å². The molecule has 0 radical (unpaired) electrons. The third-order valence-corrected chi connectivity index (χ3v) is 5.07. The minimum Gasteiger partial charge on any atom is -0.343 e. The van der Waals surface area contributed by atoms with Crippen LogP contribution in [0.25, 0.3) is 0 Å². The summed E-state index contributed by atoms with van der Waals surface area (Å²) < 4.78 is 28.5. The Morgan fingerprint density at radius 3 is 2.71 bits per heavy atom. The van der Waals surface area contributed by atoms with Crippen molar-refractivity contribution in [1.29, 1.82) is 0 Å². The molecule has 7 heteroatoms. The lowest BCUT2D eigenvalue weighted by molar-refractivity contribution is 0.0819. The first kappa shape index (κ1) is 20.5. The second-order valence-corrected chi connectivity index (χ2v) is 8.12. The van der Waals surface area contributed by atoms with Crippen LogP contribution in [0.4, 0.5) is 8.78 Å². The Hall–Kier alpha value is -2.28. The molecule has 0 bridgehead atoms. The van der Waals surface area contributed by atoms with Gasteiger partial charge in [0.2, 0.25) is 0 Å². The van der Waals surface area contributed by atoms with Crippen LogP contribution in [0.1, 0.15) is 47.6 Å². The van der Waals surface area contributed by atoms with Gasteiger partial charge in [0.05, 0.1) is 0 Å². The predicted octanol–water partition coefficient (Wildman–Crippen LogP) is 3.17. The molecule has 1 amide bonds. The molecule has 1 heterocycles. The van der Waals surface area contributed by atoms with Gasteiger partial charge in [-0.1, -0.05) is 19.9 Å². The Kier molecular flexibility index (Phi) is 6.13. The Balaban J connectivity index is 1.77. The molecule has 1 aromatic heterocycles. The zero-order valence-corrected chi connectivity index (χ0v) is 16.9. The lowest BCUT2D eigenvalue weighted by Gasteiger charge is -2.25. The smallest absolute Gasteiger partial charge is 0.274 e. The predicted molar refractivity (Wildman–Crippen MR) is 104 cm³/mol. The molecule has 0 spiro atoms. The van der Waals surface area contributed by atoms with Crippen molar-refractivity contribution < 1.29 is 13.6 Å². The molecule has 5 nitrogen and oxygen atoms in total. The van der Waals surface area contributed by atoms with E-state index in [9.17, 15) is 13.6 Å². The second kappa shape index (κ2) is 8.39. The Labute approximate surface area is 164 Å². The SMILES string of the molecule is CC(C)Cn1nc(C(=O)N(C)C)c2c1CC[C@H](NCc1ccc(F)c(F)c1)C2. The van der Waals surface area contributed by atoms with Gasteiger partial charge in [0.25, 0.3) is 5.91 Å². The lowest BCUT2D eigenvalue weighted by Crippen LogP contribution is -2.35. The first-order valence-corrected chi connectivity index (χ1v) is 9.73. The van der Waals surface area contributed by atoms with E-state index in [1.807, 2.05) is 4.68 Å². The number of rotatable bonds is 6. The molecule has 152 valence electrons. The van der Waals surface area contributed by atoms with Gasteiger partial charge in [-0.3, -0.25) is 9.48 Å². The highest BCUT2D eigenvalue weighted by Gasteiger charge is 2.29. The van der Waals surface area contributed by atoms with Crippen LogP contribution >= 0.6 is 0 Å². The second-order valence-electron chi connectivity index (χ2n) is 8.12. The van der Waals surface area contributed by atoms with Crippen LogP contribution in [0.2, 0.25) is 0 Å². The van der Waals surface area contributed by atoms with Crippen LogP contribution in [0.15, 0.2) is 18.2 Å². The minimum atomic E-state index is -0.838. The zero-order valence-electron chi connectivity index (χ0n) is 16.9.